The largest absolute Gasteiger partial charge is 0.352 e. The van der Waals surface area contributed by atoms with Crippen molar-refractivity contribution in [3.8, 4) is 0 Å². The Labute approximate surface area is 151 Å². The molecule has 0 aliphatic heterocycles. The fraction of sp³-hybridized carbons (Fsp3) is 0.150. The van der Waals surface area contributed by atoms with E-state index < -0.39 is 0 Å². The van der Waals surface area contributed by atoms with Gasteiger partial charge in [-0.3, -0.25) is 4.79 Å². The van der Waals surface area contributed by atoms with Crippen molar-refractivity contribution in [1.29, 1.82) is 0 Å². The maximum absolute atomic E-state index is 12.1. The van der Waals surface area contributed by atoms with E-state index in [1.54, 1.807) is 11.3 Å². The van der Waals surface area contributed by atoms with Gasteiger partial charge in [0.15, 0.2) is 0 Å². The first-order valence-electron chi connectivity index (χ1n) is 7.85. The third-order valence-corrected chi connectivity index (χ3v) is 5.38. The van der Waals surface area contributed by atoms with Crippen LogP contribution in [0.1, 0.15) is 21.5 Å². The molecule has 0 atom stereocenters. The van der Waals surface area contributed by atoms with Crippen molar-refractivity contribution in [2.45, 2.75) is 17.7 Å². The molecule has 2 aromatic carbocycles. The highest BCUT2D eigenvalue weighted by atomic mass is 32.1. The Kier molecular flexibility index (Phi) is 5.38. The Morgan fingerprint density at radius 1 is 1.21 bits per heavy atom. The average molecular weight is 354 g/mol. The smallest absolute Gasteiger partial charge is 0.251 e. The lowest BCUT2D eigenvalue weighted by atomic mass is 10.0. The number of fused-ring (bicyclic) bond motifs is 1. The Morgan fingerprint density at radius 3 is 2.75 bits per heavy atom. The molecule has 0 fully saturated rings. The van der Waals surface area contributed by atoms with Gasteiger partial charge in [0.2, 0.25) is 0 Å². The van der Waals surface area contributed by atoms with Crippen LogP contribution in [0.25, 0.3) is 10.1 Å². The van der Waals surface area contributed by atoms with Crippen molar-refractivity contribution >= 4 is 40.0 Å². The minimum atomic E-state index is -0.0312. The van der Waals surface area contributed by atoms with Crippen LogP contribution < -0.4 is 5.32 Å². The summed E-state index contributed by atoms with van der Waals surface area (Å²) in [6, 6.07) is 13.5. The zero-order valence-electron chi connectivity index (χ0n) is 13.3. The number of nitrogens with one attached hydrogen (secondary N) is 1. The summed E-state index contributed by atoms with van der Waals surface area (Å²) in [5, 5.41) is 6.44. The molecule has 0 bridgehead atoms. The molecular weight excluding hydrogens is 334 g/mol. The third kappa shape index (κ3) is 3.55. The maximum atomic E-state index is 12.1. The maximum Gasteiger partial charge on any atom is 0.251 e. The Hall–Kier alpha value is -2.04. The molecular formula is C20H19NOS2. The Balaban J connectivity index is 1.75. The summed E-state index contributed by atoms with van der Waals surface area (Å²) < 4.78 is 1.26. The number of carbonyl (C=O) groups excluding carboxylic acids is 1. The minimum Gasteiger partial charge on any atom is -0.352 e. The molecule has 1 N–H and O–H groups in total. The van der Waals surface area contributed by atoms with Crippen molar-refractivity contribution < 1.29 is 4.79 Å². The van der Waals surface area contributed by atoms with Gasteiger partial charge >= 0.3 is 0 Å². The molecule has 4 heteroatoms. The molecule has 1 heterocycles. The lowest BCUT2D eigenvalue weighted by Crippen LogP contribution is -2.25. The number of rotatable bonds is 6. The number of thiol groups is 1. The van der Waals surface area contributed by atoms with E-state index in [0.717, 1.165) is 17.7 Å². The van der Waals surface area contributed by atoms with Gasteiger partial charge in [-0.2, -0.15) is 0 Å². The van der Waals surface area contributed by atoms with E-state index in [4.69, 9.17) is 0 Å². The summed E-state index contributed by atoms with van der Waals surface area (Å²) in [7, 11) is 0. The molecule has 0 saturated heterocycles. The first kappa shape index (κ1) is 16.8. The van der Waals surface area contributed by atoms with Crippen LogP contribution in [0.2, 0.25) is 0 Å². The van der Waals surface area contributed by atoms with E-state index in [1.807, 2.05) is 42.5 Å². The predicted molar refractivity (Wildman–Crippen MR) is 105 cm³/mol. The van der Waals surface area contributed by atoms with Crippen molar-refractivity contribution in [2.75, 3.05) is 6.54 Å². The van der Waals surface area contributed by atoms with Gasteiger partial charge in [0.1, 0.15) is 0 Å². The van der Waals surface area contributed by atoms with Crippen molar-refractivity contribution in [3.63, 3.8) is 0 Å². The monoisotopic (exact) mass is 353 g/mol. The molecule has 0 spiro atoms. The van der Waals surface area contributed by atoms with E-state index in [-0.39, 0.29) is 5.91 Å². The molecule has 1 amide bonds. The molecule has 1 aromatic heterocycles. The van der Waals surface area contributed by atoms with Crippen molar-refractivity contribution in [2.24, 2.45) is 0 Å². The SMILES string of the molecule is C=CCc1c(S)ccc2scc(CCNC(=O)c3ccccc3)c12. The molecule has 122 valence electrons. The van der Waals surface area contributed by atoms with E-state index in [0.29, 0.717) is 12.1 Å². The number of hydrogen-bond acceptors (Lipinski definition) is 3. The van der Waals surface area contributed by atoms with Gasteiger partial charge in [-0.15, -0.1) is 30.5 Å². The number of benzene rings is 2. The summed E-state index contributed by atoms with van der Waals surface area (Å²) in [4.78, 5) is 13.1. The first-order valence-corrected chi connectivity index (χ1v) is 9.18. The number of amides is 1. The second-order valence-electron chi connectivity index (χ2n) is 5.56. The van der Waals surface area contributed by atoms with Crippen LogP contribution >= 0.6 is 24.0 Å². The lowest BCUT2D eigenvalue weighted by molar-refractivity contribution is 0.0954. The van der Waals surface area contributed by atoms with Gasteiger partial charge < -0.3 is 5.32 Å². The number of hydrogen-bond donors (Lipinski definition) is 2. The molecule has 0 saturated carbocycles. The Morgan fingerprint density at radius 2 is 2.00 bits per heavy atom. The number of carbonyl (C=O) groups is 1. The van der Waals surface area contributed by atoms with Gasteiger partial charge in [0.25, 0.3) is 5.91 Å². The lowest BCUT2D eigenvalue weighted by Gasteiger charge is -2.09. The second kappa shape index (κ2) is 7.69. The third-order valence-electron chi connectivity index (χ3n) is 3.96. The average Bonchev–Trinajstić information content (AvgIpc) is 3.01. The highest BCUT2D eigenvalue weighted by molar-refractivity contribution is 7.80. The molecule has 0 aliphatic carbocycles. The topological polar surface area (TPSA) is 29.1 Å². The highest BCUT2D eigenvalue weighted by Gasteiger charge is 2.11. The van der Waals surface area contributed by atoms with Crippen LogP contribution in [0.3, 0.4) is 0 Å². The molecule has 0 unspecified atom stereocenters. The molecule has 24 heavy (non-hydrogen) atoms. The van der Waals surface area contributed by atoms with E-state index >= 15 is 0 Å². The number of allylic oxidation sites excluding steroid dienone is 1. The second-order valence-corrected chi connectivity index (χ2v) is 6.96. The minimum absolute atomic E-state index is 0.0312. The van der Waals surface area contributed by atoms with E-state index in [1.165, 1.54) is 21.2 Å². The van der Waals surface area contributed by atoms with Gasteiger partial charge in [-0.05, 0) is 53.6 Å². The predicted octanol–water partition coefficient (Wildman–Crippen LogP) is 4.89. The summed E-state index contributed by atoms with van der Waals surface area (Å²) >= 11 is 6.33. The summed E-state index contributed by atoms with van der Waals surface area (Å²) in [6.45, 7) is 4.46. The number of thiophene rings is 1. The van der Waals surface area contributed by atoms with Crippen LogP contribution in [-0.2, 0) is 12.8 Å². The van der Waals surface area contributed by atoms with Gasteiger partial charge in [-0.25, -0.2) is 0 Å². The highest BCUT2D eigenvalue weighted by Crippen LogP contribution is 2.33. The van der Waals surface area contributed by atoms with Crippen LogP contribution in [0, 0.1) is 0 Å². The van der Waals surface area contributed by atoms with Crippen LogP contribution in [-0.4, -0.2) is 12.5 Å². The van der Waals surface area contributed by atoms with Crippen LogP contribution in [0.4, 0.5) is 0 Å². The normalized spacial score (nSPS) is 10.7. The molecule has 0 aliphatic rings. The standard InChI is InChI=1S/C20H19NOS2/c1-2-6-16-17(23)9-10-18-19(16)15(13-24-18)11-12-21-20(22)14-7-4-3-5-8-14/h2-5,7-10,13,23H,1,6,11-12H2,(H,21,22). The summed E-state index contributed by atoms with van der Waals surface area (Å²) in [6.07, 6.45) is 3.52. The summed E-state index contributed by atoms with van der Waals surface area (Å²) in [5.74, 6) is -0.0312. The summed E-state index contributed by atoms with van der Waals surface area (Å²) in [5.41, 5.74) is 3.17. The van der Waals surface area contributed by atoms with Gasteiger partial charge in [-0.1, -0.05) is 24.3 Å². The Bertz CT molecular complexity index is 868. The van der Waals surface area contributed by atoms with Crippen molar-refractivity contribution in [3.05, 3.63) is 77.2 Å². The fourth-order valence-electron chi connectivity index (χ4n) is 2.80. The zero-order valence-corrected chi connectivity index (χ0v) is 15.0. The zero-order chi connectivity index (χ0) is 16.9. The van der Waals surface area contributed by atoms with E-state index in [9.17, 15) is 4.79 Å². The molecule has 0 radical (unpaired) electrons. The van der Waals surface area contributed by atoms with Crippen LogP contribution in [0.15, 0.2) is 65.4 Å². The molecule has 3 aromatic rings. The molecule has 2 nitrogen and oxygen atoms in total. The quantitative estimate of drug-likeness (QED) is 0.479. The van der Waals surface area contributed by atoms with Gasteiger partial charge in [0, 0.05) is 27.1 Å². The molecule has 3 rings (SSSR count). The van der Waals surface area contributed by atoms with E-state index in [2.05, 4.69) is 36.0 Å². The van der Waals surface area contributed by atoms with Gasteiger partial charge in [0.05, 0.1) is 0 Å². The fourth-order valence-corrected chi connectivity index (χ4v) is 4.10. The first-order chi connectivity index (χ1) is 11.7. The van der Waals surface area contributed by atoms with Crippen molar-refractivity contribution in [1.82, 2.24) is 5.32 Å². The van der Waals surface area contributed by atoms with Crippen LogP contribution in [0.5, 0.6) is 0 Å².